The Labute approximate surface area is 136 Å². The molecule has 0 heterocycles. The zero-order valence-corrected chi connectivity index (χ0v) is 13.9. The van der Waals surface area contributed by atoms with Gasteiger partial charge in [-0.25, -0.2) is 4.79 Å². The minimum atomic E-state index is -0.904. The molecule has 1 atom stereocenters. The van der Waals surface area contributed by atoms with E-state index in [-0.39, 0.29) is 5.97 Å². The summed E-state index contributed by atoms with van der Waals surface area (Å²) in [5, 5.41) is 4.39. The predicted octanol–water partition coefficient (Wildman–Crippen LogP) is 4.30. The van der Waals surface area contributed by atoms with Gasteiger partial charge in [0, 0.05) is 6.04 Å². The van der Waals surface area contributed by atoms with E-state index < -0.39 is 5.54 Å². The van der Waals surface area contributed by atoms with Gasteiger partial charge >= 0.3 is 5.97 Å². The van der Waals surface area contributed by atoms with Crippen molar-refractivity contribution in [3.63, 3.8) is 0 Å². The largest absolute Gasteiger partial charge is 0.464 e. The Balaban J connectivity index is 2.33. The van der Waals surface area contributed by atoms with Crippen molar-refractivity contribution in [3.8, 4) is 0 Å². The molecule has 1 aliphatic carbocycles. The Morgan fingerprint density at radius 1 is 1.33 bits per heavy atom. The highest BCUT2D eigenvalue weighted by Crippen LogP contribution is 2.32. The number of carbonyl (C=O) groups excluding carboxylic acids is 1. The van der Waals surface area contributed by atoms with E-state index in [0.29, 0.717) is 22.7 Å². The van der Waals surface area contributed by atoms with Crippen molar-refractivity contribution in [2.45, 2.75) is 51.1 Å². The van der Waals surface area contributed by atoms with Crippen molar-refractivity contribution in [1.82, 2.24) is 5.32 Å². The second kappa shape index (κ2) is 6.99. The Morgan fingerprint density at radius 3 is 2.57 bits per heavy atom. The molecule has 0 bridgehead atoms. The molecule has 3 nitrogen and oxygen atoms in total. The number of hydrogen-bond donors (Lipinski definition) is 1. The first kappa shape index (κ1) is 16.6. The van der Waals surface area contributed by atoms with Gasteiger partial charge in [0.15, 0.2) is 0 Å². The topological polar surface area (TPSA) is 38.3 Å². The van der Waals surface area contributed by atoms with Crippen molar-refractivity contribution in [1.29, 1.82) is 0 Å². The molecule has 1 aromatic carbocycles. The van der Waals surface area contributed by atoms with E-state index in [9.17, 15) is 4.79 Å². The molecule has 1 aliphatic rings. The molecule has 2 rings (SSSR count). The number of esters is 1. The molecule has 0 spiro atoms. The summed E-state index contributed by atoms with van der Waals surface area (Å²) in [6.45, 7) is 4.01. The molecular formula is C16H21Cl2NO2. The molecule has 0 saturated heterocycles. The Morgan fingerprint density at radius 2 is 2.00 bits per heavy atom. The number of hydrogen-bond acceptors (Lipinski definition) is 3. The maximum Gasteiger partial charge on any atom is 0.330 e. The number of rotatable bonds is 5. The molecule has 116 valence electrons. The number of benzene rings is 1. The van der Waals surface area contributed by atoms with Gasteiger partial charge in [0.2, 0.25) is 0 Å². The summed E-state index contributed by atoms with van der Waals surface area (Å²) < 4.78 is 5.26. The van der Waals surface area contributed by atoms with Crippen LogP contribution in [0.4, 0.5) is 0 Å². The summed E-state index contributed by atoms with van der Waals surface area (Å²) >= 11 is 12.1. The molecule has 0 radical (unpaired) electrons. The molecule has 5 heteroatoms. The summed E-state index contributed by atoms with van der Waals surface area (Å²) in [5.41, 5.74) is -0.124. The van der Waals surface area contributed by atoms with Crippen molar-refractivity contribution in [2.75, 3.05) is 6.61 Å². The molecular weight excluding hydrogens is 309 g/mol. The van der Waals surface area contributed by atoms with Crippen molar-refractivity contribution >= 4 is 29.2 Å². The van der Waals surface area contributed by atoms with Crippen molar-refractivity contribution in [2.24, 2.45) is 0 Å². The van der Waals surface area contributed by atoms with Gasteiger partial charge in [0.05, 0.1) is 16.7 Å². The maximum atomic E-state index is 12.5. The van der Waals surface area contributed by atoms with Crippen LogP contribution in [-0.4, -0.2) is 18.6 Å². The minimum absolute atomic E-state index is 0.282. The van der Waals surface area contributed by atoms with Crippen LogP contribution in [0.15, 0.2) is 18.2 Å². The lowest BCUT2D eigenvalue weighted by molar-refractivity contribution is -0.151. The van der Waals surface area contributed by atoms with Crippen LogP contribution in [-0.2, 0) is 15.1 Å². The fourth-order valence-electron chi connectivity index (χ4n) is 2.82. The highest BCUT2D eigenvalue weighted by atomic mass is 35.5. The highest BCUT2D eigenvalue weighted by Gasteiger charge is 2.39. The smallest absolute Gasteiger partial charge is 0.330 e. The summed E-state index contributed by atoms with van der Waals surface area (Å²) in [6, 6.07) is 5.61. The number of ether oxygens (including phenoxy) is 1. The summed E-state index contributed by atoms with van der Waals surface area (Å²) in [4.78, 5) is 12.5. The van der Waals surface area contributed by atoms with Crippen LogP contribution in [0.1, 0.15) is 45.1 Å². The molecule has 1 aromatic rings. The number of halogens is 2. The van der Waals surface area contributed by atoms with E-state index in [1.807, 2.05) is 19.9 Å². The highest BCUT2D eigenvalue weighted by molar-refractivity contribution is 6.42. The third-order valence-electron chi connectivity index (χ3n) is 4.03. The average molecular weight is 330 g/mol. The molecule has 1 fully saturated rings. The lowest BCUT2D eigenvalue weighted by Gasteiger charge is -2.32. The Kier molecular flexibility index (Phi) is 5.53. The summed E-state index contributed by atoms with van der Waals surface area (Å²) in [6.07, 6.45) is 4.54. The molecule has 0 amide bonds. The molecule has 0 aliphatic heterocycles. The van der Waals surface area contributed by atoms with Gasteiger partial charge in [-0.15, -0.1) is 0 Å². The van der Waals surface area contributed by atoms with E-state index in [1.54, 1.807) is 12.1 Å². The van der Waals surface area contributed by atoms with Gasteiger partial charge in [-0.05, 0) is 44.4 Å². The Hall–Kier alpha value is -0.770. The van der Waals surface area contributed by atoms with E-state index in [4.69, 9.17) is 27.9 Å². The number of nitrogens with one attached hydrogen (secondary N) is 1. The van der Waals surface area contributed by atoms with Crippen molar-refractivity contribution in [3.05, 3.63) is 33.8 Å². The normalized spacial score (nSPS) is 18.5. The van der Waals surface area contributed by atoms with Gasteiger partial charge in [0.25, 0.3) is 0 Å². The molecule has 0 aromatic heterocycles. The van der Waals surface area contributed by atoms with Crippen LogP contribution >= 0.6 is 23.2 Å². The van der Waals surface area contributed by atoms with Crippen LogP contribution in [0.3, 0.4) is 0 Å². The molecule has 1 saturated carbocycles. The fourth-order valence-corrected chi connectivity index (χ4v) is 3.12. The summed E-state index contributed by atoms with van der Waals surface area (Å²) in [7, 11) is 0. The quantitative estimate of drug-likeness (QED) is 0.818. The molecule has 21 heavy (non-hydrogen) atoms. The van der Waals surface area contributed by atoms with Gasteiger partial charge in [-0.1, -0.05) is 42.1 Å². The fraction of sp³-hybridized carbons (Fsp3) is 0.562. The lowest BCUT2D eigenvalue weighted by Crippen LogP contribution is -2.51. The monoisotopic (exact) mass is 329 g/mol. The van der Waals surface area contributed by atoms with E-state index in [0.717, 1.165) is 18.4 Å². The third-order valence-corrected chi connectivity index (χ3v) is 4.77. The van der Waals surface area contributed by atoms with E-state index in [2.05, 4.69) is 5.32 Å². The SMILES string of the molecule is CCOC(=O)C(C)(NC1CCCC1)c1ccc(Cl)c(Cl)c1. The average Bonchev–Trinajstić information content (AvgIpc) is 2.94. The Bertz CT molecular complexity index is 515. The minimum Gasteiger partial charge on any atom is -0.464 e. The van der Waals surface area contributed by atoms with Gasteiger partial charge < -0.3 is 4.74 Å². The zero-order valence-electron chi connectivity index (χ0n) is 12.4. The first-order chi connectivity index (χ1) is 9.97. The molecule has 1 N–H and O–H groups in total. The predicted molar refractivity (Wildman–Crippen MR) is 85.8 cm³/mol. The van der Waals surface area contributed by atoms with Crippen LogP contribution in [0.2, 0.25) is 10.0 Å². The second-order valence-corrected chi connectivity index (χ2v) is 6.41. The van der Waals surface area contributed by atoms with Gasteiger partial charge in [-0.3, -0.25) is 5.32 Å². The van der Waals surface area contributed by atoms with Crippen LogP contribution in [0.5, 0.6) is 0 Å². The van der Waals surface area contributed by atoms with Gasteiger partial charge in [-0.2, -0.15) is 0 Å². The van der Waals surface area contributed by atoms with Crippen LogP contribution in [0.25, 0.3) is 0 Å². The standard InChI is InChI=1S/C16H21Cl2NO2/c1-3-21-15(20)16(2,19-12-6-4-5-7-12)11-8-9-13(17)14(18)10-11/h8-10,12,19H,3-7H2,1-2H3. The van der Waals surface area contributed by atoms with Crippen LogP contribution < -0.4 is 5.32 Å². The first-order valence-corrected chi connectivity index (χ1v) is 8.13. The first-order valence-electron chi connectivity index (χ1n) is 7.38. The lowest BCUT2D eigenvalue weighted by atomic mass is 9.90. The second-order valence-electron chi connectivity index (χ2n) is 5.60. The maximum absolute atomic E-state index is 12.5. The van der Waals surface area contributed by atoms with Crippen LogP contribution in [0, 0.1) is 0 Å². The van der Waals surface area contributed by atoms with Gasteiger partial charge in [0.1, 0.15) is 5.54 Å². The van der Waals surface area contributed by atoms with E-state index >= 15 is 0 Å². The summed E-state index contributed by atoms with van der Waals surface area (Å²) in [5.74, 6) is -0.282. The van der Waals surface area contributed by atoms with Crippen molar-refractivity contribution < 1.29 is 9.53 Å². The zero-order chi connectivity index (χ0) is 15.5. The molecule has 1 unspecified atom stereocenters. The number of carbonyl (C=O) groups is 1. The van der Waals surface area contributed by atoms with E-state index in [1.165, 1.54) is 12.8 Å². The third kappa shape index (κ3) is 3.71.